The van der Waals surface area contributed by atoms with Gasteiger partial charge in [-0.25, -0.2) is 4.98 Å². The van der Waals surface area contributed by atoms with Crippen molar-refractivity contribution in [1.29, 1.82) is 0 Å². The van der Waals surface area contributed by atoms with Crippen molar-refractivity contribution in [1.82, 2.24) is 14.9 Å². The van der Waals surface area contributed by atoms with Crippen molar-refractivity contribution >= 4 is 34.1 Å². The normalized spacial score (nSPS) is 16.5. The van der Waals surface area contributed by atoms with Crippen molar-refractivity contribution in [2.45, 2.75) is 19.4 Å². The fourth-order valence-electron chi connectivity index (χ4n) is 2.72. The lowest BCUT2D eigenvalue weighted by atomic mass is 9.98. The van der Waals surface area contributed by atoms with Crippen LogP contribution in [0.5, 0.6) is 5.75 Å². The fourth-order valence-corrected chi connectivity index (χ4v) is 3.26. The van der Waals surface area contributed by atoms with E-state index in [1.807, 2.05) is 0 Å². The summed E-state index contributed by atoms with van der Waals surface area (Å²) in [6.07, 6.45) is 3.52. The summed E-state index contributed by atoms with van der Waals surface area (Å²) in [6.45, 7) is 2.55. The highest BCUT2D eigenvalue weighted by molar-refractivity contribution is 6.39. The van der Waals surface area contributed by atoms with Gasteiger partial charge in [-0.15, -0.1) is 0 Å². The number of hydrogen-bond donors (Lipinski definition) is 2. The van der Waals surface area contributed by atoms with Gasteiger partial charge in [-0.1, -0.05) is 23.2 Å². The number of piperidine rings is 1. The summed E-state index contributed by atoms with van der Waals surface area (Å²) in [6, 6.07) is 1.37. The first-order valence-corrected chi connectivity index (χ1v) is 7.60. The van der Waals surface area contributed by atoms with Crippen LogP contribution in [0.1, 0.15) is 12.8 Å². The number of phenols is 1. The number of halogens is 2. The second-order valence-corrected chi connectivity index (χ2v) is 6.12. The van der Waals surface area contributed by atoms with Gasteiger partial charge >= 0.3 is 0 Å². The molecule has 3 rings (SSSR count). The average molecular weight is 328 g/mol. The van der Waals surface area contributed by atoms with Gasteiger partial charge in [-0.2, -0.15) is 0 Å². The largest absolute Gasteiger partial charge is 0.504 e. The zero-order valence-electron chi connectivity index (χ0n) is 11.3. The van der Waals surface area contributed by atoms with Gasteiger partial charge in [0.05, 0.1) is 21.8 Å². The Morgan fingerprint density at radius 1 is 1.33 bits per heavy atom. The van der Waals surface area contributed by atoms with Crippen molar-refractivity contribution in [3.8, 4) is 5.75 Å². The topological polar surface area (TPSA) is 67.1 Å². The Morgan fingerprint density at radius 2 is 2.05 bits per heavy atom. The molecule has 1 aliphatic heterocycles. The van der Waals surface area contributed by atoms with E-state index in [0.29, 0.717) is 12.5 Å². The van der Waals surface area contributed by atoms with Crippen LogP contribution in [-0.2, 0) is 6.54 Å². The molecule has 1 fully saturated rings. The minimum atomic E-state index is -0.240. The molecule has 2 aromatic rings. The lowest BCUT2D eigenvalue weighted by molar-refractivity contribution is 0.329. The molecule has 112 valence electrons. The molecular formula is C14H15Cl2N3O2. The second-order valence-electron chi connectivity index (χ2n) is 5.31. The molecule has 1 aliphatic rings. The molecule has 0 atom stereocenters. The predicted octanol–water partition coefficient (Wildman–Crippen LogP) is 2.41. The van der Waals surface area contributed by atoms with Gasteiger partial charge in [0.15, 0.2) is 5.75 Å². The van der Waals surface area contributed by atoms with E-state index in [4.69, 9.17) is 23.2 Å². The first-order chi connectivity index (χ1) is 10.1. The molecule has 1 saturated heterocycles. The predicted molar refractivity (Wildman–Crippen MR) is 83.3 cm³/mol. The maximum absolute atomic E-state index is 12.6. The van der Waals surface area contributed by atoms with Crippen molar-refractivity contribution in [3.05, 3.63) is 32.8 Å². The minimum Gasteiger partial charge on any atom is -0.504 e. The number of hydrogen-bond acceptors (Lipinski definition) is 4. The zero-order chi connectivity index (χ0) is 15.0. The van der Waals surface area contributed by atoms with E-state index in [0.717, 1.165) is 25.9 Å². The van der Waals surface area contributed by atoms with E-state index >= 15 is 0 Å². The summed E-state index contributed by atoms with van der Waals surface area (Å²) in [7, 11) is 0. The maximum Gasteiger partial charge on any atom is 0.262 e. The monoisotopic (exact) mass is 327 g/mol. The summed E-state index contributed by atoms with van der Waals surface area (Å²) < 4.78 is 1.57. The summed E-state index contributed by atoms with van der Waals surface area (Å²) in [5, 5.41) is 13.7. The molecule has 0 aliphatic carbocycles. The maximum atomic E-state index is 12.6. The average Bonchev–Trinajstić information content (AvgIpc) is 2.48. The van der Waals surface area contributed by atoms with Gasteiger partial charge in [0.25, 0.3) is 5.56 Å². The van der Waals surface area contributed by atoms with Crippen LogP contribution in [0, 0.1) is 5.92 Å². The van der Waals surface area contributed by atoms with Crippen LogP contribution in [0.4, 0.5) is 0 Å². The van der Waals surface area contributed by atoms with E-state index in [1.165, 1.54) is 12.4 Å². The Balaban J connectivity index is 2.06. The minimum absolute atomic E-state index is 0.0931. The number of nitrogens with one attached hydrogen (secondary N) is 1. The van der Waals surface area contributed by atoms with Crippen LogP contribution < -0.4 is 10.9 Å². The van der Waals surface area contributed by atoms with Crippen molar-refractivity contribution in [2.75, 3.05) is 13.1 Å². The first kappa shape index (κ1) is 14.6. The summed E-state index contributed by atoms with van der Waals surface area (Å²) >= 11 is 11.9. The van der Waals surface area contributed by atoms with Crippen molar-refractivity contribution in [3.63, 3.8) is 0 Å². The highest BCUT2D eigenvalue weighted by atomic mass is 35.5. The third-order valence-electron chi connectivity index (χ3n) is 3.89. The molecular weight excluding hydrogens is 313 g/mol. The van der Waals surface area contributed by atoms with Crippen LogP contribution in [0.3, 0.4) is 0 Å². The van der Waals surface area contributed by atoms with E-state index in [2.05, 4.69) is 10.3 Å². The van der Waals surface area contributed by atoms with Crippen LogP contribution in [0.2, 0.25) is 10.0 Å². The summed E-state index contributed by atoms with van der Waals surface area (Å²) in [5.74, 6) is 0.241. The Bertz CT molecular complexity index is 739. The number of aromatic nitrogens is 2. The number of nitrogens with zero attached hydrogens (tertiary/aromatic N) is 2. The third kappa shape index (κ3) is 2.73. The van der Waals surface area contributed by atoms with Crippen molar-refractivity contribution < 1.29 is 5.11 Å². The Labute approximate surface area is 131 Å². The van der Waals surface area contributed by atoms with E-state index in [-0.39, 0.29) is 32.3 Å². The number of aromatic hydroxyl groups is 1. The zero-order valence-corrected chi connectivity index (χ0v) is 12.8. The molecule has 2 N–H and O–H groups in total. The number of rotatable bonds is 2. The quantitative estimate of drug-likeness (QED) is 0.888. The molecule has 21 heavy (non-hydrogen) atoms. The number of fused-ring (bicyclic) bond motifs is 1. The third-order valence-corrected chi connectivity index (χ3v) is 4.48. The smallest absolute Gasteiger partial charge is 0.262 e. The van der Waals surface area contributed by atoms with Gasteiger partial charge in [0, 0.05) is 6.54 Å². The van der Waals surface area contributed by atoms with Crippen LogP contribution in [0.15, 0.2) is 17.2 Å². The highest BCUT2D eigenvalue weighted by Gasteiger charge is 2.18. The molecule has 7 heteroatoms. The van der Waals surface area contributed by atoms with Crippen LogP contribution in [0.25, 0.3) is 10.9 Å². The van der Waals surface area contributed by atoms with E-state index in [9.17, 15) is 9.90 Å². The molecule has 1 aromatic heterocycles. The Morgan fingerprint density at radius 3 is 2.76 bits per heavy atom. The number of benzene rings is 1. The molecule has 0 unspecified atom stereocenters. The summed E-state index contributed by atoms with van der Waals surface area (Å²) in [5.41, 5.74) is -0.0884. The van der Waals surface area contributed by atoms with Gasteiger partial charge in [0.1, 0.15) is 5.52 Å². The molecule has 0 radical (unpaired) electrons. The van der Waals surface area contributed by atoms with Gasteiger partial charge in [-0.05, 0) is 37.9 Å². The van der Waals surface area contributed by atoms with E-state index in [1.54, 1.807) is 4.57 Å². The van der Waals surface area contributed by atoms with Gasteiger partial charge in [0.2, 0.25) is 0 Å². The lowest BCUT2D eigenvalue weighted by Crippen LogP contribution is -2.32. The fraction of sp³-hybridized carbons (Fsp3) is 0.429. The summed E-state index contributed by atoms with van der Waals surface area (Å²) in [4.78, 5) is 16.7. The van der Waals surface area contributed by atoms with Crippen LogP contribution in [-0.4, -0.2) is 27.7 Å². The molecule has 0 amide bonds. The molecule has 0 spiro atoms. The Kier molecular flexibility index (Phi) is 4.06. The van der Waals surface area contributed by atoms with E-state index < -0.39 is 0 Å². The van der Waals surface area contributed by atoms with Gasteiger partial charge < -0.3 is 10.4 Å². The van der Waals surface area contributed by atoms with Gasteiger partial charge in [-0.3, -0.25) is 9.36 Å². The Hall–Kier alpha value is -1.30. The first-order valence-electron chi connectivity index (χ1n) is 6.84. The molecule has 0 saturated carbocycles. The molecule has 5 nitrogen and oxygen atoms in total. The number of phenolic OH excluding ortho intramolecular Hbond substituents is 1. The SMILES string of the molecule is O=c1c2c(Cl)cc(Cl)c(O)c2ncn1CC1CCNCC1. The lowest BCUT2D eigenvalue weighted by Gasteiger charge is -2.23. The second kappa shape index (κ2) is 5.83. The molecule has 2 heterocycles. The van der Waals surface area contributed by atoms with Crippen molar-refractivity contribution in [2.24, 2.45) is 5.92 Å². The standard InChI is InChI=1S/C14H15Cl2N3O2/c15-9-5-10(16)13(20)12-11(9)14(21)19(7-18-12)6-8-1-3-17-4-2-8/h5,7-8,17,20H,1-4,6H2. The highest BCUT2D eigenvalue weighted by Crippen LogP contribution is 2.34. The van der Waals surface area contributed by atoms with Crippen LogP contribution >= 0.6 is 23.2 Å². The molecule has 0 bridgehead atoms. The molecule has 1 aromatic carbocycles.